The van der Waals surface area contributed by atoms with E-state index in [2.05, 4.69) is 15.3 Å². The zero-order chi connectivity index (χ0) is 14.4. The summed E-state index contributed by atoms with van der Waals surface area (Å²) >= 11 is 0. The normalized spacial score (nSPS) is 10.0. The molecular formula is C14H13N3O3. The molecule has 0 unspecified atom stereocenters. The molecule has 2 N–H and O–H groups in total. The summed E-state index contributed by atoms with van der Waals surface area (Å²) in [5, 5.41) is 11.4. The molecule has 6 nitrogen and oxygen atoms in total. The third-order valence-corrected chi connectivity index (χ3v) is 2.61. The van der Waals surface area contributed by atoms with Gasteiger partial charge >= 0.3 is 5.97 Å². The fourth-order valence-electron chi connectivity index (χ4n) is 1.67. The first-order valence-corrected chi connectivity index (χ1v) is 6.03. The number of carbonyl (C=O) groups is 2. The third kappa shape index (κ3) is 3.88. The van der Waals surface area contributed by atoms with E-state index in [4.69, 9.17) is 5.11 Å². The van der Waals surface area contributed by atoms with Crippen LogP contribution in [0.25, 0.3) is 0 Å². The first-order valence-electron chi connectivity index (χ1n) is 6.03. The monoisotopic (exact) mass is 271 g/mol. The second-order valence-electron chi connectivity index (χ2n) is 4.14. The minimum atomic E-state index is -0.848. The van der Waals surface area contributed by atoms with Crippen molar-refractivity contribution in [2.24, 2.45) is 0 Å². The van der Waals surface area contributed by atoms with Crippen molar-refractivity contribution in [2.45, 2.75) is 12.8 Å². The van der Waals surface area contributed by atoms with Crippen LogP contribution in [0.15, 0.2) is 42.9 Å². The van der Waals surface area contributed by atoms with Crippen molar-refractivity contribution in [1.29, 1.82) is 0 Å². The number of aromatic nitrogens is 2. The number of nitrogens with one attached hydrogen (secondary N) is 1. The Hall–Kier alpha value is -2.76. The average Bonchev–Trinajstić information content (AvgIpc) is 2.46. The number of rotatable bonds is 5. The van der Waals surface area contributed by atoms with Crippen LogP contribution in [-0.4, -0.2) is 27.0 Å². The Bertz CT molecular complexity index is 614. The molecule has 20 heavy (non-hydrogen) atoms. The number of carboxylic acids is 1. The van der Waals surface area contributed by atoms with E-state index in [0.717, 1.165) is 5.56 Å². The Morgan fingerprint density at radius 3 is 2.80 bits per heavy atom. The van der Waals surface area contributed by atoms with E-state index >= 15 is 0 Å². The number of carbonyl (C=O) groups excluding carboxylic acids is 1. The molecule has 0 atom stereocenters. The molecule has 0 saturated carbocycles. The molecule has 0 aliphatic carbocycles. The zero-order valence-corrected chi connectivity index (χ0v) is 10.6. The average molecular weight is 271 g/mol. The highest BCUT2D eigenvalue weighted by atomic mass is 16.4. The Labute approximate surface area is 115 Å². The van der Waals surface area contributed by atoms with Crippen LogP contribution < -0.4 is 5.32 Å². The molecule has 0 bridgehead atoms. The van der Waals surface area contributed by atoms with Gasteiger partial charge in [0.2, 0.25) is 0 Å². The van der Waals surface area contributed by atoms with Crippen molar-refractivity contribution in [2.75, 3.05) is 5.32 Å². The number of hydrogen-bond acceptors (Lipinski definition) is 4. The third-order valence-electron chi connectivity index (χ3n) is 2.61. The predicted octanol–water partition coefficient (Wildman–Crippen LogP) is 1.75. The van der Waals surface area contributed by atoms with Gasteiger partial charge in [-0.3, -0.25) is 14.6 Å². The Morgan fingerprint density at radius 2 is 2.10 bits per heavy atom. The van der Waals surface area contributed by atoms with Crippen molar-refractivity contribution in [3.8, 4) is 0 Å². The highest BCUT2D eigenvalue weighted by Gasteiger charge is 2.07. The van der Waals surface area contributed by atoms with Crippen LogP contribution in [0.5, 0.6) is 0 Å². The summed E-state index contributed by atoms with van der Waals surface area (Å²) in [7, 11) is 0. The smallest absolute Gasteiger partial charge is 0.303 e. The summed E-state index contributed by atoms with van der Waals surface area (Å²) in [6, 6.07) is 7.07. The lowest BCUT2D eigenvalue weighted by Gasteiger charge is -2.06. The highest BCUT2D eigenvalue weighted by Crippen LogP contribution is 2.13. The molecule has 0 aliphatic rings. The van der Waals surface area contributed by atoms with Gasteiger partial charge in [-0.15, -0.1) is 0 Å². The van der Waals surface area contributed by atoms with Crippen LogP contribution in [0.2, 0.25) is 0 Å². The summed E-state index contributed by atoms with van der Waals surface area (Å²) in [6.07, 6.45) is 4.79. The molecule has 6 heteroatoms. The largest absolute Gasteiger partial charge is 0.481 e. The van der Waals surface area contributed by atoms with Crippen LogP contribution in [0.1, 0.15) is 22.5 Å². The number of amides is 1. The Balaban J connectivity index is 2.04. The quantitative estimate of drug-likeness (QED) is 0.864. The van der Waals surface area contributed by atoms with Gasteiger partial charge in [-0.2, -0.15) is 0 Å². The standard InChI is InChI=1S/C14H13N3O3/c18-13(19)5-4-10-2-1-3-11(8-10)17-14(20)12-9-15-6-7-16-12/h1-3,6-9H,4-5H2,(H,17,20)(H,18,19). The van der Waals surface area contributed by atoms with Gasteiger partial charge in [0.05, 0.1) is 6.20 Å². The predicted molar refractivity (Wildman–Crippen MR) is 72.4 cm³/mol. The topological polar surface area (TPSA) is 92.2 Å². The van der Waals surface area contributed by atoms with E-state index in [0.29, 0.717) is 12.1 Å². The Morgan fingerprint density at radius 1 is 1.25 bits per heavy atom. The number of carboxylic acid groups (broad SMARTS) is 1. The first kappa shape index (κ1) is 13.7. The highest BCUT2D eigenvalue weighted by molar-refractivity contribution is 6.02. The maximum Gasteiger partial charge on any atom is 0.303 e. The summed E-state index contributed by atoms with van der Waals surface area (Å²) in [5.41, 5.74) is 1.68. The maximum atomic E-state index is 11.9. The number of aryl methyl sites for hydroxylation is 1. The van der Waals surface area contributed by atoms with E-state index in [-0.39, 0.29) is 18.0 Å². The van der Waals surface area contributed by atoms with Crippen molar-refractivity contribution in [1.82, 2.24) is 9.97 Å². The first-order chi connectivity index (χ1) is 9.65. The summed E-state index contributed by atoms with van der Waals surface area (Å²) < 4.78 is 0. The van der Waals surface area contributed by atoms with Gasteiger partial charge in [-0.05, 0) is 24.1 Å². The molecule has 0 radical (unpaired) electrons. The zero-order valence-electron chi connectivity index (χ0n) is 10.6. The molecule has 1 aromatic carbocycles. The second-order valence-corrected chi connectivity index (χ2v) is 4.14. The lowest BCUT2D eigenvalue weighted by atomic mass is 10.1. The van der Waals surface area contributed by atoms with Crippen molar-refractivity contribution < 1.29 is 14.7 Å². The molecule has 0 aliphatic heterocycles. The second kappa shape index (κ2) is 6.42. The van der Waals surface area contributed by atoms with E-state index in [1.54, 1.807) is 18.2 Å². The summed E-state index contributed by atoms with van der Waals surface area (Å²) in [6.45, 7) is 0. The van der Waals surface area contributed by atoms with Gasteiger partial charge in [0.15, 0.2) is 0 Å². The molecule has 2 aromatic rings. The Kier molecular flexibility index (Phi) is 4.39. The molecule has 1 amide bonds. The summed E-state index contributed by atoms with van der Waals surface area (Å²) in [4.78, 5) is 30.1. The van der Waals surface area contributed by atoms with Crippen LogP contribution in [0.4, 0.5) is 5.69 Å². The molecule has 1 heterocycles. The van der Waals surface area contributed by atoms with Crippen molar-refractivity contribution in [3.63, 3.8) is 0 Å². The van der Waals surface area contributed by atoms with E-state index in [1.807, 2.05) is 6.07 Å². The fraction of sp³-hybridized carbons (Fsp3) is 0.143. The van der Waals surface area contributed by atoms with Gasteiger partial charge in [0.1, 0.15) is 5.69 Å². The van der Waals surface area contributed by atoms with Crippen LogP contribution in [0.3, 0.4) is 0 Å². The van der Waals surface area contributed by atoms with Gasteiger partial charge in [0.25, 0.3) is 5.91 Å². The molecule has 1 aromatic heterocycles. The molecule has 0 spiro atoms. The minimum absolute atomic E-state index is 0.0571. The van der Waals surface area contributed by atoms with E-state index in [9.17, 15) is 9.59 Å². The van der Waals surface area contributed by atoms with Crippen LogP contribution in [0, 0.1) is 0 Å². The maximum absolute atomic E-state index is 11.9. The van der Waals surface area contributed by atoms with Crippen molar-refractivity contribution in [3.05, 3.63) is 54.1 Å². The molecule has 0 saturated heterocycles. The molecule has 102 valence electrons. The molecule has 2 rings (SSSR count). The van der Waals surface area contributed by atoms with Gasteiger partial charge in [-0.1, -0.05) is 12.1 Å². The fourth-order valence-corrected chi connectivity index (χ4v) is 1.67. The summed E-state index contributed by atoms with van der Waals surface area (Å²) in [5.74, 6) is -1.20. The van der Waals surface area contributed by atoms with Crippen molar-refractivity contribution >= 4 is 17.6 Å². The number of benzene rings is 1. The molecule has 0 fully saturated rings. The van der Waals surface area contributed by atoms with Gasteiger partial charge in [0, 0.05) is 24.5 Å². The van der Waals surface area contributed by atoms with E-state index in [1.165, 1.54) is 18.6 Å². The minimum Gasteiger partial charge on any atom is -0.481 e. The lowest BCUT2D eigenvalue weighted by Crippen LogP contribution is -2.13. The number of anilines is 1. The SMILES string of the molecule is O=C(O)CCc1cccc(NC(=O)c2cnccn2)c1. The van der Waals surface area contributed by atoms with Gasteiger partial charge in [-0.25, -0.2) is 4.98 Å². The number of aliphatic carboxylic acids is 1. The van der Waals surface area contributed by atoms with Crippen LogP contribution in [-0.2, 0) is 11.2 Å². The van der Waals surface area contributed by atoms with E-state index < -0.39 is 5.97 Å². The number of hydrogen-bond donors (Lipinski definition) is 2. The van der Waals surface area contributed by atoms with Crippen LogP contribution >= 0.6 is 0 Å². The number of nitrogens with zero attached hydrogens (tertiary/aromatic N) is 2. The molecular weight excluding hydrogens is 258 g/mol. The lowest BCUT2D eigenvalue weighted by molar-refractivity contribution is -0.136. The van der Waals surface area contributed by atoms with Gasteiger partial charge < -0.3 is 10.4 Å².